The minimum Gasteiger partial charge on any atom is -0.494 e. The first kappa shape index (κ1) is 23.9. The van der Waals surface area contributed by atoms with E-state index in [-0.39, 0.29) is 54.2 Å². The topological polar surface area (TPSA) is 58.8 Å². The van der Waals surface area contributed by atoms with E-state index in [1.807, 2.05) is 24.8 Å². The van der Waals surface area contributed by atoms with E-state index in [0.717, 1.165) is 18.7 Å². The molecule has 1 aromatic carbocycles. The van der Waals surface area contributed by atoms with Crippen molar-refractivity contribution in [2.75, 3.05) is 33.3 Å². The fourth-order valence-corrected chi connectivity index (χ4v) is 2.71. The van der Waals surface area contributed by atoms with Crippen LogP contribution >= 0.6 is 24.8 Å². The highest BCUT2D eigenvalue weighted by Crippen LogP contribution is 2.19. The van der Waals surface area contributed by atoms with Crippen molar-refractivity contribution >= 4 is 30.7 Å². The van der Waals surface area contributed by atoms with Gasteiger partial charge in [-0.1, -0.05) is 13.0 Å². The fourth-order valence-electron chi connectivity index (χ4n) is 2.71. The summed E-state index contributed by atoms with van der Waals surface area (Å²) in [6, 6.07) is 4.89. The van der Waals surface area contributed by atoms with Crippen molar-refractivity contribution in [3.05, 3.63) is 29.6 Å². The first-order chi connectivity index (χ1) is 10.9. The van der Waals surface area contributed by atoms with E-state index < -0.39 is 0 Å². The van der Waals surface area contributed by atoms with Gasteiger partial charge in [0.05, 0.1) is 13.0 Å². The van der Waals surface area contributed by atoms with Crippen molar-refractivity contribution in [2.45, 2.75) is 26.4 Å². The number of nitrogens with zero attached hydrogens (tertiary/aromatic N) is 2. The molecule has 2 unspecified atom stereocenters. The molecule has 0 aliphatic carbocycles. The summed E-state index contributed by atoms with van der Waals surface area (Å²) >= 11 is 0. The molecule has 1 aliphatic heterocycles. The van der Waals surface area contributed by atoms with Crippen LogP contribution in [0.2, 0.25) is 0 Å². The average molecular weight is 396 g/mol. The largest absolute Gasteiger partial charge is 0.494 e. The normalized spacial score (nSPS) is 17.1. The van der Waals surface area contributed by atoms with Gasteiger partial charge >= 0.3 is 0 Å². The molecule has 2 atom stereocenters. The second kappa shape index (κ2) is 10.8. The molecule has 0 bridgehead atoms. The van der Waals surface area contributed by atoms with E-state index in [9.17, 15) is 9.18 Å². The van der Waals surface area contributed by atoms with Crippen molar-refractivity contribution in [3.8, 4) is 5.75 Å². The number of rotatable bonds is 5. The molecule has 2 rings (SSSR count). The van der Waals surface area contributed by atoms with Gasteiger partial charge in [-0.2, -0.15) is 0 Å². The van der Waals surface area contributed by atoms with E-state index in [0.29, 0.717) is 19.6 Å². The van der Waals surface area contributed by atoms with E-state index in [1.54, 1.807) is 6.07 Å². The van der Waals surface area contributed by atoms with E-state index in [2.05, 4.69) is 4.90 Å². The van der Waals surface area contributed by atoms with Crippen LogP contribution in [0.4, 0.5) is 4.39 Å². The SMILES string of the molecule is COc1ccc(CN2CCN(C(=O)C(C)C(C)N)CC2)cc1F.Cl.Cl. The lowest BCUT2D eigenvalue weighted by Gasteiger charge is -2.36. The lowest BCUT2D eigenvalue weighted by Crippen LogP contribution is -2.51. The molecule has 0 spiro atoms. The zero-order valence-electron chi connectivity index (χ0n) is 14.9. The Morgan fingerprint density at radius 1 is 1.24 bits per heavy atom. The summed E-state index contributed by atoms with van der Waals surface area (Å²) in [6.07, 6.45) is 0. The molecule has 8 heteroatoms. The Morgan fingerprint density at radius 3 is 2.32 bits per heavy atom. The van der Waals surface area contributed by atoms with Crippen LogP contribution in [0.1, 0.15) is 19.4 Å². The zero-order chi connectivity index (χ0) is 17.0. The van der Waals surface area contributed by atoms with Crippen molar-refractivity contribution in [1.29, 1.82) is 0 Å². The van der Waals surface area contributed by atoms with Crippen LogP contribution in [0.5, 0.6) is 5.75 Å². The minimum absolute atomic E-state index is 0. The Bertz CT molecular complexity index is 553. The third-order valence-corrected chi connectivity index (χ3v) is 4.48. The van der Waals surface area contributed by atoms with Crippen molar-refractivity contribution in [3.63, 3.8) is 0 Å². The number of halogens is 3. The third kappa shape index (κ3) is 6.29. The standard InChI is InChI=1S/C17H26FN3O2.2ClH/c1-12(13(2)19)17(22)21-8-6-20(7-9-21)11-14-4-5-16(23-3)15(18)10-14;;/h4-5,10,12-13H,6-9,11,19H2,1-3H3;2*1H. The van der Waals surface area contributed by atoms with E-state index in [1.165, 1.54) is 13.2 Å². The molecule has 1 heterocycles. The van der Waals surface area contributed by atoms with Crippen LogP contribution in [0.15, 0.2) is 18.2 Å². The van der Waals surface area contributed by atoms with Crippen LogP contribution in [-0.4, -0.2) is 55.0 Å². The van der Waals surface area contributed by atoms with Crippen LogP contribution < -0.4 is 10.5 Å². The first-order valence-electron chi connectivity index (χ1n) is 8.01. The van der Waals surface area contributed by atoms with Gasteiger partial charge in [0, 0.05) is 38.8 Å². The van der Waals surface area contributed by atoms with Gasteiger partial charge in [-0.3, -0.25) is 9.69 Å². The van der Waals surface area contributed by atoms with Crippen molar-refractivity contribution in [1.82, 2.24) is 9.80 Å². The highest BCUT2D eigenvalue weighted by Gasteiger charge is 2.26. The number of benzene rings is 1. The molecular formula is C17H28Cl2FN3O2. The predicted molar refractivity (Wildman–Crippen MR) is 102 cm³/mol. The molecule has 144 valence electrons. The number of amides is 1. The van der Waals surface area contributed by atoms with E-state index in [4.69, 9.17) is 10.5 Å². The van der Waals surface area contributed by atoms with Gasteiger partial charge in [0.2, 0.25) is 5.91 Å². The van der Waals surface area contributed by atoms with Gasteiger partial charge in [0.1, 0.15) is 0 Å². The number of carbonyl (C=O) groups is 1. The number of methoxy groups -OCH3 is 1. The Morgan fingerprint density at radius 2 is 1.84 bits per heavy atom. The summed E-state index contributed by atoms with van der Waals surface area (Å²) in [5.74, 6) is -0.119. The number of hydrogen-bond acceptors (Lipinski definition) is 4. The quantitative estimate of drug-likeness (QED) is 0.830. The summed E-state index contributed by atoms with van der Waals surface area (Å²) in [4.78, 5) is 16.4. The second-order valence-electron chi connectivity index (χ2n) is 6.22. The molecule has 0 saturated carbocycles. The molecule has 0 aromatic heterocycles. The molecule has 0 radical (unpaired) electrons. The summed E-state index contributed by atoms with van der Waals surface area (Å²) in [7, 11) is 1.46. The summed E-state index contributed by atoms with van der Waals surface area (Å²) < 4.78 is 18.7. The molecule has 1 saturated heterocycles. The maximum Gasteiger partial charge on any atom is 0.227 e. The molecule has 1 amide bonds. The summed E-state index contributed by atoms with van der Waals surface area (Å²) in [5.41, 5.74) is 6.72. The van der Waals surface area contributed by atoms with Crippen LogP contribution in [0.3, 0.4) is 0 Å². The van der Waals surface area contributed by atoms with Crippen molar-refractivity contribution < 1.29 is 13.9 Å². The molecule has 1 aliphatic rings. The number of carbonyl (C=O) groups excluding carboxylic acids is 1. The van der Waals surface area contributed by atoms with Crippen molar-refractivity contribution in [2.24, 2.45) is 11.7 Å². The Balaban J connectivity index is 0.00000288. The number of hydrogen-bond donors (Lipinski definition) is 1. The summed E-state index contributed by atoms with van der Waals surface area (Å²) in [6.45, 7) is 7.35. The molecule has 5 nitrogen and oxygen atoms in total. The van der Waals surface area contributed by atoms with E-state index >= 15 is 0 Å². The van der Waals surface area contributed by atoms with Gasteiger partial charge in [-0.15, -0.1) is 24.8 Å². The average Bonchev–Trinajstić information content (AvgIpc) is 2.54. The highest BCUT2D eigenvalue weighted by molar-refractivity contribution is 5.85. The lowest BCUT2D eigenvalue weighted by molar-refractivity contribution is -0.137. The number of piperazine rings is 1. The maximum atomic E-state index is 13.7. The molecular weight excluding hydrogens is 368 g/mol. The monoisotopic (exact) mass is 395 g/mol. The highest BCUT2D eigenvalue weighted by atomic mass is 35.5. The lowest BCUT2D eigenvalue weighted by atomic mass is 10.0. The van der Waals surface area contributed by atoms with Gasteiger partial charge in [0.15, 0.2) is 11.6 Å². The Kier molecular flexibility index (Phi) is 10.3. The Labute approximate surface area is 161 Å². The molecule has 25 heavy (non-hydrogen) atoms. The van der Waals surface area contributed by atoms with Gasteiger partial charge in [-0.05, 0) is 24.6 Å². The first-order valence-corrected chi connectivity index (χ1v) is 8.01. The smallest absolute Gasteiger partial charge is 0.227 e. The number of ether oxygens (including phenoxy) is 1. The third-order valence-electron chi connectivity index (χ3n) is 4.48. The van der Waals surface area contributed by atoms with Crippen LogP contribution in [0, 0.1) is 11.7 Å². The zero-order valence-corrected chi connectivity index (χ0v) is 16.5. The second-order valence-corrected chi connectivity index (χ2v) is 6.22. The Hall–Kier alpha value is -1.08. The molecule has 1 fully saturated rings. The predicted octanol–water partition coefficient (Wildman–Crippen LogP) is 2.31. The maximum absolute atomic E-state index is 13.7. The minimum atomic E-state index is -0.343. The van der Waals surface area contributed by atoms with Gasteiger partial charge < -0.3 is 15.4 Å². The summed E-state index contributed by atoms with van der Waals surface area (Å²) in [5, 5.41) is 0. The van der Waals surface area contributed by atoms with Crippen LogP contribution in [0.25, 0.3) is 0 Å². The number of nitrogens with two attached hydrogens (primary N) is 1. The molecule has 1 aromatic rings. The van der Waals surface area contributed by atoms with Gasteiger partial charge in [0.25, 0.3) is 0 Å². The molecule has 2 N–H and O–H groups in total. The van der Waals surface area contributed by atoms with Gasteiger partial charge in [-0.25, -0.2) is 4.39 Å². The van der Waals surface area contributed by atoms with Crippen LogP contribution in [-0.2, 0) is 11.3 Å². The fraction of sp³-hybridized carbons (Fsp3) is 0.588.